The van der Waals surface area contributed by atoms with E-state index >= 15 is 0 Å². The normalized spacial score (nSPS) is 13.8. The van der Waals surface area contributed by atoms with Crippen molar-refractivity contribution in [3.63, 3.8) is 0 Å². The van der Waals surface area contributed by atoms with Crippen LogP contribution >= 0.6 is 0 Å². The first-order valence-corrected chi connectivity index (χ1v) is 9.95. The largest absolute Gasteiger partial charge is 0.611 e. The average molecular weight is 392 g/mol. The first kappa shape index (κ1) is 18.5. The SMILES string of the molecule is Cc1ccc([S+]([O-])Cc2nc3c(nc2CO)C(=O)c2ccccc2C3=O)cc1. The first-order chi connectivity index (χ1) is 13.5. The molecule has 0 aliphatic heterocycles. The number of ketones is 2. The van der Waals surface area contributed by atoms with Crippen molar-refractivity contribution in [2.45, 2.75) is 24.2 Å². The van der Waals surface area contributed by atoms with Crippen LogP contribution in [0.5, 0.6) is 0 Å². The van der Waals surface area contributed by atoms with Crippen molar-refractivity contribution in [2.75, 3.05) is 0 Å². The lowest BCUT2D eigenvalue weighted by molar-refractivity contribution is 0.0970. The van der Waals surface area contributed by atoms with Crippen LogP contribution in [0.25, 0.3) is 0 Å². The Bertz CT molecular complexity index is 1100. The maximum atomic E-state index is 12.8. The van der Waals surface area contributed by atoms with Crippen molar-refractivity contribution >= 4 is 22.7 Å². The molecule has 0 fully saturated rings. The summed E-state index contributed by atoms with van der Waals surface area (Å²) in [7, 11) is 0. The van der Waals surface area contributed by atoms with Crippen LogP contribution in [-0.4, -0.2) is 31.2 Å². The van der Waals surface area contributed by atoms with Gasteiger partial charge in [-0.3, -0.25) is 9.59 Å². The number of fused-ring (bicyclic) bond motifs is 2. The van der Waals surface area contributed by atoms with E-state index in [-0.39, 0.29) is 39.7 Å². The Kier molecular flexibility index (Phi) is 4.80. The molecule has 0 saturated heterocycles. The summed E-state index contributed by atoms with van der Waals surface area (Å²) in [5.41, 5.74) is 1.87. The van der Waals surface area contributed by atoms with E-state index in [1.165, 1.54) is 0 Å². The second-order valence-electron chi connectivity index (χ2n) is 6.48. The summed E-state index contributed by atoms with van der Waals surface area (Å²) in [6, 6.07) is 13.7. The molecule has 0 spiro atoms. The summed E-state index contributed by atoms with van der Waals surface area (Å²) in [5.74, 6) is -0.814. The fourth-order valence-electron chi connectivity index (χ4n) is 3.10. The molecular formula is C21H16N2O4S. The van der Waals surface area contributed by atoms with Crippen LogP contribution in [0.4, 0.5) is 0 Å². The minimum absolute atomic E-state index is 0.0116. The zero-order valence-electron chi connectivity index (χ0n) is 15.0. The molecule has 2 aromatic carbocycles. The zero-order valence-corrected chi connectivity index (χ0v) is 15.8. The Labute approximate surface area is 164 Å². The van der Waals surface area contributed by atoms with Gasteiger partial charge in [0, 0.05) is 11.1 Å². The van der Waals surface area contributed by atoms with E-state index in [4.69, 9.17) is 0 Å². The van der Waals surface area contributed by atoms with Gasteiger partial charge >= 0.3 is 0 Å². The molecular weight excluding hydrogens is 376 g/mol. The van der Waals surface area contributed by atoms with E-state index in [9.17, 15) is 19.2 Å². The molecule has 28 heavy (non-hydrogen) atoms. The molecule has 1 unspecified atom stereocenters. The molecule has 0 saturated carbocycles. The summed E-state index contributed by atoms with van der Waals surface area (Å²) in [5, 5.41) is 9.69. The van der Waals surface area contributed by atoms with E-state index in [1.807, 2.05) is 19.1 Å². The van der Waals surface area contributed by atoms with Gasteiger partial charge in [-0.05, 0) is 30.2 Å². The van der Waals surface area contributed by atoms with E-state index in [0.29, 0.717) is 4.90 Å². The van der Waals surface area contributed by atoms with Crippen LogP contribution in [0.3, 0.4) is 0 Å². The minimum atomic E-state index is -1.43. The van der Waals surface area contributed by atoms with E-state index in [2.05, 4.69) is 9.97 Å². The fraction of sp³-hybridized carbons (Fsp3) is 0.143. The highest BCUT2D eigenvalue weighted by Gasteiger charge is 2.34. The van der Waals surface area contributed by atoms with Gasteiger partial charge in [0.05, 0.1) is 12.3 Å². The Morgan fingerprint density at radius 1 is 0.893 bits per heavy atom. The summed E-state index contributed by atoms with van der Waals surface area (Å²) in [6.45, 7) is 1.47. The first-order valence-electron chi connectivity index (χ1n) is 8.63. The molecule has 1 atom stereocenters. The highest BCUT2D eigenvalue weighted by Crippen LogP contribution is 2.27. The molecule has 1 aliphatic rings. The van der Waals surface area contributed by atoms with Crippen molar-refractivity contribution in [3.05, 3.63) is 88.0 Å². The van der Waals surface area contributed by atoms with Gasteiger partial charge in [-0.1, -0.05) is 42.0 Å². The van der Waals surface area contributed by atoms with Crippen LogP contribution in [0.15, 0.2) is 53.4 Å². The highest BCUT2D eigenvalue weighted by molar-refractivity contribution is 7.90. The lowest BCUT2D eigenvalue weighted by Gasteiger charge is -2.18. The number of hydrogen-bond acceptors (Lipinski definition) is 6. The van der Waals surface area contributed by atoms with Crippen molar-refractivity contribution in [3.8, 4) is 0 Å². The summed E-state index contributed by atoms with van der Waals surface area (Å²) >= 11 is -1.43. The smallest absolute Gasteiger partial charge is 0.214 e. The third-order valence-electron chi connectivity index (χ3n) is 4.60. The number of rotatable bonds is 4. The maximum absolute atomic E-state index is 12.8. The molecule has 0 amide bonds. The van der Waals surface area contributed by atoms with E-state index in [0.717, 1.165) is 5.56 Å². The molecule has 1 aliphatic carbocycles. The lowest BCUT2D eigenvalue weighted by Crippen LogP contribution is -2.26. The predicted octanol–water partition coefficient (Wildman–Crippen LogP) is 2.36. The standard InChI is InChI=1S/C21H16N2O4S/c1-12-6-8-13(9-7-12)28(27)11-17-16(10-24)22-18-19(23-17)21(26)15-5-3-2-4-14(15)20(18)25/h2-9,24H,10-11H2,1H3. The van der Waals surface area contributed by atoms with Gasteiger partial charge in [0.2, 0.25) is 11.6 Å². The Morgan fingerprint density at radius 3 is 1.96 bits per heavy atom. The monoisotopic (exact) mass is 392 g/mol. The van der Waals surface area contributed by atoms with Gasteiger partial charge in [-0.25, -0.2) is 9.97 Å². The van der Waals surface area contributed by atoms with Crippen LogP contribution in [0.2, 0.25) is 0 Å². The number of carbonyl (C=O) groups excluding carboxylic acids is 2. The van der Waals surface area contributed by atoms with Crippen LogP contribution in [0.1, 0.15) is 49.1 Å². The second-order valence-corrected chi connectivity index (χ2v) is 7.93. The minimum Gasteiger partial charge on any atom is -0.611 e. The molecule has 0 bridgehead atoms. The topological polar surface area (TPSA) is 103 Å². The number of carbonyl (C=O) groups is 2. The number of benzene rings is 2. The van der Waals surface area contributed by atoms with Crippen molar-refractivity contribution in [1.29, 1.82) is 0 Å². The van der Waals surface area contributed by atoms with Gasteiger partial charge in [0.15, 0.2) is 10.6 Å². The summed E-state index contributed by atoms with van der Waals surface area (Å²) in [6.07, 6.45) is 0. The maximum Gasteiger partial charge on any atom is 0.214 e. The Morgan fingerprint density at radius 2 is 1.43 bits per heavy atom. The van der Waals surface area contributed by atoms with Crippen LogP contribution in [0, 0.1) is 6.92 Å². The molecule has 1 aromatic heterocycles. The average Bonchev–Trinajstić information content (AvgIpc) is 2.72. The number of aliphatic hydroxyl groups excluding tert-OH is 1. The van der Waals surface area contributed by atoms with Crippen molar-refractivity contribution in [2.24, 2.45) is 0 Å². The van der Waals surface area contributed by atoms with Gasteiger partial charge < -0.3 is 9.66 Å². The molecule has 140 valence electrons. The third kappa shape index (κ3) is 3.13. The summed E-state index contributed by atoms with van der Waals surface area (Å²) < 4.78 is 12.7. The van der Waals surface area contributed by atoms with E-state index < -0.39 is 29.3 Å². The van der Waals surface area contributed by atoms with Gasteiger partial charge in [0.25, 0.3) is 0 Å². The van der Waals surface area contributed by atoms with Crippen LogP contribution in [-0.2, 0) is 23.5 Å². The van der Waals surface area contributed by atoms with Gasteiger partial charge in [-0.2, -0.15) is 0 Å². The number of nitrogens with zero attached hydrogens (tertiary/aromatic N) is 2. The molecule has 0 radical (unpaired) electrons. The number of aromatic nitrogens is 2. The zero-order chi connectivity index (χ0) is 19.8. The van der Waals surface area contributed by atoms with Gasteiger partial charge in [-0.15, -0.1) is 0 Å². The number of aliphatic hydroxyl groups is 1. The molecule has 3 aromatic rings. The predicted molar refractivity (Wildman–Crippen MR) is 103 cm³/mol. The fourth-order valence-corrected chi connectivity index (χ4v) is 4.18. The molecule has 7 heteroatoms. The quantitative estimate of drug-likeness (QED) is 0.535. The Hall–Kier alpha value is -2.87. The molecule has 6 nitrogen and oxygen atoms in total. The lowest BCUT2D eigenvalue weighted by atomic mass is 9.89. The third-order valence-corrected chi connectivity index (χ3v) is 5.93. The van der Waals surface area contributed by atoms with Gasteiger partial charge in [0.1, 0.15) is 17.1 Å². The molecule has 4 rings (SSSR count). The molecule has 1 N–H and O–H groups in total. The molecule has 1 heterocycles. The second kappa shape index (κ2) is 7.27. The van der Waals surface area contributed by atoms with Crippen molar-refractivity contribution < 1.29 is 19.2 Å². The highest BCUT2D eigenvalue weighted by atomic mass is 32.2. The number of aryl methyl sites for hydroxylation is 1. The van der Waals surface area contributed by atoms with Crippen LogP contribution < -0.4 is 0 Å². The summed E-state index contributed by atoms with van der Waals surface area (Å²) in [4.78, 5) is 34.6. The Balaban J connectivity index is 1.75. The number of hydrogen-bond donors (Lipinski definition) is 1. The van der Waals surface area contributed by atoms with Crippen molar-refractivity contribution in [1.82, 2.24) is 9.97 Å². The van der Waals surface area contributed by atoms with E-state index in [1.54, 1.807) is 36.4 Å².